The summed E-state index contributed by atoms with van der Waals surface area (Å²) in [7, 11) is 0. The molecule has 0 saturated heterocycles. The minimum atomic E-state index is 0.561. The van der Waals surface area contributed by atoms with Crippen LogP contribution in [0.15, 0.2) is 42.5 Å². The summed E-state index contributed by atoms with van der Waals surface area (Å²) in [5, 5.41) is 1.13. The first-order valence-electron chi connectivity index (χ1n) is 4.48. The Balaban J connectivity index is 2.54. The van der Waals surface area contributed by atoms with Gasteiger partial charge in [0.25, 0.3) is 0 Å². The summed E-state index contributed by atoms with van der Waals surface area (Å²) in [5.41, 5.74) is 8.28. The standard InChI is InChI=1S/C12H9Cl2N/c13-11-3-1-2-10(12(11)14)8-4-6-9(15)7-5-8/h1-7H,15H2. The lowest BCUT2D eigenvalue weighted by atomic mass is 10.1. The molecule has 2 N–H and O–H groups in total. The fourth-order valence-electron chi connectivity index (χ4n) is 1.39. The highest BCUT2D eigenvalue weighted by Crippen LogP contribution is 2.33. The van der Waals surface area contributed by atoms with E-state index >= 15 is 0 Å². The van der Waals surface area contributed by atoms with Crippen molar-refractivity contribution in [3.05, 3.63) is 52.5 Å². The largest absolute Gasteiger partial charge is 0.399 e. The van der Waals surface area contributed by atoms with Gasteiger partial charge < -0.3 is 5.73 Å². The quantitative estimate of drug-likeness (QED) is 0.738. The van der Waals surface area contributed by atoms with Crippen molar-refractivity contribution in [2.45, 2.75) is 0 Å². The van der Waals surface area contributed by atoms with Gasteiger partial charge in [-0.1, -0.05) is 47.5 Å². The number of hydrogen-bond donors (Lipinski definition) is 1. The number of anilines is 1. The number of halogens is 2. The highest BCUT2D eigenvalue weighted by atomic mass is 35.5. The Kier molecular flexibility index (Phi) is 2.85. The summed E-state index contributed by atoms with van der Waals surface area (Å²) in [6.45, 7) is 0. The predicted molar refractivity (Wildman–Crippen MR) is 66.3 cm³/mol. The molecular weight excluding hydrogens is 229 g/mol. The summed E-state index contributed by atoms with van der Waals surface area (Å²) in [6.07, 6.45) is 0. The Morgan fingerprint density at radius 2 is 1.53 bits per heavy atom. The Morgan fingerprint density at radius 3 is 2.20 bits per heavy atom. The topological polar surface area (TPSA) is 26.0 Å². The molecule has 15 heavy (non-hydrogen) atoms. The van der Waals surface area contributed by atoms with Crippen LogP contribution in [0, 0.1) is 0 Å². The lowest BCUT2D eigenvalue weighted by Gasteiger charge is -2.05. The number of benzene rings is 2. The molecule has 0 aliphatic carbocycles. The molecule has 2 rings (SSSR count). The maximum atomic E-state index is 6.10. The van der Waals surface area contributed by atoms with Gasteiger partial charge in [0, 0.05) is 11.3 Å². The van der Waals surface area contributed by atoms with E-state index in [1.165, 1.54) is 0 Å². The molecule has 0 unspecified atom stereocenters. The molecule has 0 aliphatic heterocycles. The van der Waals surface area contributed by atoms with Crippen molar-refractivity contribution in [1.82, 2.24) is 0 Å². The second-order valence-corrected chi connectivity index (χ2v) is 4.01. The maximum absolute atomic E-state index is 6.10. The van der Waals surface area contributed by atoms with Crippen LogP contribution >= 0.6 is 23.2 Å². The minimum Gasteiger partial charge on any atom is -0.399 e. The highest BCUT2D eigenvalue weighted by Gasteiger charge is 2.05. The van der Waals surface area contributed by atoms with E-state index < -0.39 is 0 Å². The second kappa shape index (κ2) is 4.13. The number of rotatable bonds is 1. The lowest BCUT2D eigenvalue weighted by molar-refractivity contribution is 1.61. The molecular formula is C12H9Cl2N. The molecule has 0 fully saturated rings. The van der Waals surface area contributed by atoms with E-state index in [4.69, 9.17) is 28.9 Å². The van der Waals surface area contributed by atoms with Gasteiger partial charge in [0.15, 0.2) is 0 Å². The monoisotopic (exact) mass is 237 g/mol. The third-order valence-electron chi connectivity index (χ3n) is 2.17. The van der Waals surface area contributed by atoms with Crippen LogP contribution in [0.1, 0.15) is 0 Å². The second-order valence-electron chi connectivity index (χ2n) is 3.22. The van der Waals surface area contributed by atoms with Gasteiger partial charge >= 0.3 is 0 Å². The van der Waals surface area contributed by atoms with Gasteiger partial charge in [0.1, 0.15) is 0 Å². The van der Waals surface area contributed by atoms with Crippen LogP contribution in [-0.4, -0.2) is 0 Å². The molecule has 0 spiro atoms. The Labute approximate surface area is 98.4 Å². The van der Waals surface area contributed by atoms with Gasteiger partial charge in [-0.3, -0.25) is 0 Å². The zero-order chi connectivity index (χ0) is 10.8. The summed E-state index contributed by atoms with van der Waals surface area (Å²) >= 11 is 12.0. The van der Waals surface area contributed by atoms with Gasteiger partial charge in [-0.05, 0) is 23.8 Å². The molecule has 3 heteroatoms. The summed E-state index contributed by atoms with van der Waals surface area (Å²) < 4.78 is 0. The van der Waals surface area contributed by atoms with Gasteiger partial charge in [0.2, 0.25) is 0 Å². The molecule has 1 nitrogen and oxygen atoms in total. The van der Waals surface area contributed by atoms with Crippen LogP contribution in [0.2, 0.25) is 10.0 Å². The average molecular weight is 238 g/mol. The smallest absolute Gasteiger partial charge is 0.0670 e. The number of nitrogens with two attached hydrogens (primary N) is 1. The predicted octanol–water partition coefficient (Wildman–Crippen LogP) is 4.24. The fourth-order valence-corrected chi connectivity index (χ4v) is 1.80. The third-order valence-corrected chi connectivity index (χ3v) is 2.99. The van der Waals surface area contributed by atoms with E-state index in [1.54, 1.807) is 6.07 Å². The average Bonchev–Trinajstić information content (AvgIpc) is 2.24. The molecule has 0 heterocycles. The van der Waals surface area contributed by atoms with Crippen LogP contribution in [-0.2, 0) is 0 Å². The van der Waals surface area contributed by atoms with Gasteiger partial charge in [0.05, 0.1) is 10.0 Å². The number of hydrogen-bond acceptors (Lipinski definition) is 1. The SMILES string of the molecule is Nc1ccc(-c2cccc(Cl)c2Cl)cc1. The minimum absolute atomic E-state index is 0.561. The van der Waals surface area contributed by atoms with Crippen molar-refractivity contribution in [1.29, 1.82) is 0 Å². The number of nitrogen functional groups attached to an aromatic ring is 1. The van der Waals surface area contributed by atoms with Crippen molar-refractivity contribution in [2.75, 3.05) is 5.73 Å². The van der Waals surface area contributed by atoms with Crippen LogP contribution < -0.4 is 5.73 Å². The fraction of sp³-hybridized carbons (Fsp3) is 0. The van der Waals surface area contributed by atoms with E-state index in [9.17, 15) is 0 Å². The molecule has 0 aromatic heterocycles. The van der Waals surface area contributed by atoms with Crippen molar-refractivity contribution in [2.24, 2.45) is 0 Å². The summed E-state index contributed by atoms with van der Waals surface area (Å²) in [5.74, 6) is 0. The first-order valence-corrected chi connectivity index (χ1v) is 5.24. The van der Waals surface area contributed by atoms with E-state index in [1.807, 2.05) is 36.4 Å². The van der Waals surface area contributed by atoms with Gasteiger partial charge in [-0.15, -0.1) is 0 Å². The van der Waals surface area contributed by atoms with E-state index in [0.29, 0.717) is 10.0 Å². The van der Waals surface area contributed by atoms with Crippen molar-refractivity contribution >= 4 is 28.9 Å². The van der Waals surface area contributed by atoms with Gasteiger partial charge in [-0.2, -0.15) is 0 Å². The van der Waals surface area contributed by atoms with Crippen molar-refractivity contribution < 1.29 is 0 Å². The molecule has 0 atom stereocenters. The molecule has 0 aliphatic rings. The van der Waals surface area contributed by atoms with Crippen LogP contribution in [0.3, 0.4) is 0 Å². The van der Waals surface area contributed by atoms with Crippen LogP contribution in [0.4, 0.5) is 5.69 Å². The summed E-state index contributed by atoms with van der Waals surface area (Å²) in [6, 6.07) is 13.1. The molecule has 0 bridgehead atoms. The molecule has 0 radical (unpaired) electrons. The van der Waals surface area contributed by atoms with Crippen molar-refractivity contribution in [3.8, 4) is 11.1 Å². The molecule has 76 valence electrons. The molecule has 2 aromatic carbocycles. The molecule has 0 saturated carbocycles. The first kappa shape index (κ1) is 10.3. The highest BCUT2D eigenvalue weighted by molar-refractivity contribution is 6.43. The molecule has 2 aromatic rings. The van der Waals surface area contributed by atoms with E-state index in [-0.39, 0.29) is 0 Å². The maximum Gasteiger partial charge on any atom is 0.0670 e. The van der Waals surface area contributed by atoms with Crippen LogP contribution in [0.25, 0.3) is 11.1 Å². The lowest BCUT2D eigenvalue weighted by Crippen LogP contribution is -1.84. The zero-order valence-electron chi connectivity index (χ0n) is 7.87. The summed E-state index contributed by atoms with van der Waals surface area (Å²) in [4.78, 5) is 0. The van der Waals surface area contributed by atoms with E-state index in [2.05, 4.69) is 0 Å². The normalized spacial score (nSPS) is 10.3. The first-order chi connectivity index (χ1) is 7.18. The van der Waals surface area contributed by atoms with E-state index in [0.717, 1.165) is 16.8 Å². The van der Waals surface area contributed by atoms with Crippen LogP contribution in [0.5, 0.6) is 0 Å². The third kappa shape index (κ3) is 2.09. The zero-order valence-corrected chi connectivity index (χ0v) is 9.39. The molecule has 0 amide bonds. The Morgan fingerprint density at radius 1 is 0.867 bits per heavy atom. The van der Waals surface area contributed by atoms with Crippen molar-refractivity contribution in [3.63, 3.8) is 0 Å². The van der Waals surface area contributed by atoms with Gasteiger partial charge in [-0.25, -0.2) is 0 Å². The Bertz CT molecular complexity index is 477. The Hall–Kier alpha value is -1.18.